The molecule has 0 N–H and O–H groups in total. The molecule has 1 rings (SSSR count). The number of carbonyl (C=O) groups excluding carboxylic acids is 1. The van der Waals surface area contributed by atoms with E-state index >= 15 is 0 Å². The average molecular weight is 236 g/mol. The molecule has 0 saturated carbocycles. The summed E-state index contributed by atoms with van der Waals surface area (Å²) in [5, 5.41) is 3.68. The first-order valence-corrected chi connectivity index (χ1v) is 4.63. The van der Waals surface area contributed by atoms with Gasteiger partial charge in [-0.1, -0.05) is 6.92 Å². The van der Waals surface area contributed by atoms with Crippen LogP contribution in [0.5, 0.6) is 5.75 Å². The molecule has 1 aromatic heterocycles. The molecular weight excluding hydrogens is 225 g/mol. The van der Waals surface area contributed by atoms with Crippen molar-refractivity contribution in [2.75, 3.05) is 7.11 Å². The molecule has 0 aliphatic carbocycles. The molecule has 0 saturated heterocycles. The Balaban J connectivity index is 3.18. The van der Waals surface area contributed by atoms with E-state index in [1.807, 2.05) is 0 Å². The van der Waals surface area contributed by atoms with Crippen LogP contribution in [0.2, 0.25) is 0 Å². The van der Waals surface area contributed by atoms with Crippen molar-refractivity contribution < 1.29 is 22.7 Å². The third-order valence-corrected chi connectivity index (χ3v) is 1.93. The van der Waals surface area contributed by atoms with E-state index in [0.29, 0.717) is 6.42 Å². The van der Waals surface area contributed by atoms with E-state index in [-0.39, 0.29) is 12.3 Å². The molecule has 90 valence electrons. The highest BCUT2D eigenvalue weighted by atomic mass is 19.4. The van der Waals surface area contributed by atoms with Gasteiger partial charge in [-0.2, -0.15) is 18.3 Å². The summed E-state index contributed by atoms with van der Waals surface area (Å²) >= 11 is 0. The van der Waals surface area contributed by atoms with E-state index in [2.05, 4.69) is 9.84 Å². The number of rotatable bonds is 4. The highest BCUT2D eigenvalue weighted by Crippen LogP contribution is 2.27. The Labute approximate surface area is 90.0 Å². The van der Waals surface area contributed by atoms with Gasteiger partial charge in [-0.15, -0.1) is 0 Å². The molecule has 0 aliphatic rings. The molecule has 1 heterocycles. The predicted molar refractivity (Wildman–Crippen MR) is 49.5 cm³/mol. The number of halogens is 3. The molecule has 7 heteroatoms. The first-order valence-electron chi connectivity index (χ1n) is 4.63. The number of ketones is 1. The number of nitrogens with zero attached hydrogens (tertiary/aromatic N) is 2. The van der Waals surface area contributed by atoms with E-state index in [0.717, 1.165) is 10.9 Å². The van der Waals surface area contributed by atoms with E-state index in [1.54, 1.807) is 6.92 Å². The normalized spacial score (nSPS) is 11.6. The molecule has 1 aromatic rings. The number of ether oxygens (including phenoxy) is 1. The molecule has 0 bridgehead atoms. The number of hydrogen-bond acceptors (Lipinski definition) is 3. The van der Waals surface area contributed by atoms with E-state index in [4.69, 9.17) is 0 Å². The number of Topliss-reactive ketones (excluding diaryl/α,β-unsaturated/α-hetero) is 1. The Kier molecular flexibility index (Phi) is 3.56. The molecule has 0 aliphatic heterocycles. The Hall–Kier alpha value is -1.53. The van der Waals surface area contributed by atoms with Gasteiger partial charge in [0.05, 0.1) is 13.3 Å². The number of aromatic nitrogens is 2. The summed E-state index contributed by atoms with van der Waals surface area (Å²) in [6, 6.07) is 0. The van der Waals surface area contributed by atoms with Crippen LogP contribution in [0.4, 0.5) is 13.2 Å². The van der Waals surface area contributed by atoms with Gasteiger partial charge in [0.25, 0.3) is 5.78 Å². The molecule has 0 aromatic carbocycles. The third kappa shape index (κ3) is 2.34. The van der Waals surface area contributed by atoms with Crippen LogP contribution >= 0.6 is 0 Å². The maximum Gasteiger partial charge on any atom is 0.456 e. The van der Waals surface area contributed by atoms with Crippen LogP contribution in [0.25, 0.3) is 0 Å². The molecule has 0 radical (unpaired) electrons. The van der Waals surface area contributed by atoms with Crippen LogP contribution in [0.1, 0.15) is 23.8 Å². The lowest BCUT2D eigenvalue weighted by Gasteiger charge is -2.09. The van der Waals surface area contributed by atoms with Gasteiger partial charge in [-0.25, -0.2) is 0 Å². The second-order valence-corrected chi connectivity index (χ2v) is 3.11. The fourth-order valence-electron chi connectivity index (χ4n) is 1.26. The summed E-state index contributed by atoms with van der Waals surface area (Å²) < 4.78 is 42.6. The Morgan fingerprint density at radius 1 is 1.56 bits per heavy atom. The fraction of sp³-hybridized carbons (Fsp3) is 0.556. The van der Waals surface area contributed by atoms with Crippen LogP contribution < -0.4 is 4.74 Å². The lowest BCUT2D eigenvalue weighted by Crippen LogP contribution is -2.26. The van der Waals surface area contributed by atoms with E-state index < -0.39 is 17.7 Å². The van der Waals surface area contributed by atoms with Crippen molar-refractivity contribution in [2.45, 2.75) is 26.1 Å². The number of methoxy groups -OCH3 is 1. The minimum Gasteiger partial charge on any atom is -0.493 e. The molecule has 0 fully saturated rings. The van der Waals surface area contributed by atoms with Crippen molar-refractivity contribution >= 4 is 5.78 Å². The number of hydrogen-bond donors (Lipinski definition) is 0. The fourth-order valence-corrected chi connectivity index (χ4v) is 1.26. The quantitative estimate of drug-likeness (QED) is 0.751. The molecule has 4 nitrogen and oxygen atoms in total. The summed E-state index contributed by atoms with van der Waals surface area (Å²) in [6.07, 6.45) is -3.24. The lowest BCUT2D eigenvalue weighted by atomic mass is 10.2. The molecule has 0 spiro atoms. The highest BCUT2D eigenvalue weighted by Gasteiger charge is 2.43. The van der Waals surface area contributed by atoms with Crippen molar-refractivity contribution in [3.05, 3.63) is 11.9 Å². The SMILES string of the molecule is CCCn1ncc(OC)c1C(=O)C(F)(F)F. The summed E-state index contributed by atoms with van der Waals surface area (Å²) in [7, 11) is 1.19. The summed E-state index contributed by atoms with van der Waals surface area (Å²) in [4.78, 5) is 11.1. The van der Waals surface area contributed by atoms with Gasteiger partial charge in [0, 0.05) is 6.54 Å². The zero-order valence-electron chi connectivity index (χ0n) is 8.84. The van der Waals surface area contributed by atoms with Gasteiger partial charge < -0.3 is 4.74 Å². The Morgan fingerprint density at radius 3 is 2.62 bits per heavy atom. The highest BCUT2D eigenvalue weighted by molar-refractivity contribution is 6.01. The maximum absolute atomic E-state index is 12.3. The molecule has 0 atom stereocenters. The zero-order valence-corrected chi connectivity index (χ0v) is 8.84. The van der Waals surface area contributed by atoms with Gasteiger partial charge in [0.15, 0.2) is 11.4 Å². The topological polar surface area (TPSA) is 44.1 Å². The van der Waals surface area contributed by atoms with Gasteiger partial charge in [0.2, 0.25) is 0 Å². The average Bonchev–Trinajstić information content (AvgIpc) is 2.58. The largest absolute Gasteiger partial charge is 0.493 e. The van der Waals surface area contributed by atoms with Crippen LogP contribution in [-0.2, 0) is 6.54 Å². The molecular formula is C9H11F3N2O2. The van der Waals surface area contributed by atoms with Gasteiger partial charge >= 0.3 is 6.18 Å². The Morgan fingerprint density at radius 2 is 2.19 bits per heavy atom. The smallest absolute Gasteiger partial charge is 0.456 e. The minimum atomic E-state index is -4.92. The monoisotopic (exact) mass is 236 g/mol. The van der Waals surface area contributed by atoms with Crippen LogP contribution in [0, 0.1) is 0 Å². The van der Waals surface area contributed by atoms with Crippen LogP contribution in [0.15, 0.2) is 6.20 Å². The maximum atomic E-state index is 12.3. The van der Waals surface area contributed by atoms with Crippen molar-refractivity contribution in [1.29, 1.82) is 0 Å². The lowest BCUT2D eigenvalue weighted by molar-refractivity contribution is -0.0892. The third-order valence-electron chi connectivity index (χ3n) is 1.93. The summed E-state index contributed by atoms with van der Waals surface area (Å²) in [6.45, 7) is 2.01. The van der Waals surface area contributed by atoms with Gasteiger partial charge in [-0.3, -0.25) is 9.48 Å². The number of aryl methyl sites for hydroxylation is 1. The second-order valence-electron chi connectivity index (χ2n) is 3.11. The molecule has 0 amide bonds. The first-order chi connectivity index (χ1) is 7.41. The van der Waals surface area contributed by atoms with E-state index in [1.165, 1.54) is 7.11 Å². The molecule has 16 heavy (non-hydrogen) atoms. The van der Waals surface area contributed by atoms with Crippen molar-refractivity contribution in [3.8, 4) is 5.75 Å². The second kappa shape index (κ2) is 4.54. The van der Waals surface area contributed by atoms with E-state index in [9.17, 15) is 18.0 Å². The van der Waals surface area contributed by atoms with Crippen molar-refractivity contribution in [1.82, 2.24) is 9.78 Å². The van der Waals surface area contributed by atoms with Crippen LogP contribution in [-0.4, -0.2) is 28.8 Å². The van der Waals surface area contributed by atoms with Gasteiger partial charge in [-0.05, 0) is 6.42 Å². The molecule has 0 unspecified atom stereocenters. The van der Waals surface area contributed by atoms with Crippen molar-refractivity contribution in [3.63, 3.8) is 0 Å². The minimum absolute atomic E-state index is 0.157. The van der Waals surface area contributed by atoms with Crippen molar-refractivity contribution in [2.24, 2.45) is 0 Å². The van der Waals surface area contributed by atoms with Gasteiger partial charge in [0.1, 0.15) is 0 Å². The summed E-state index contributed by atoms with van der Waals surface area (Å²) in [5.41, 5.74) is -0.545. The number of carbonyl (C=O) groups is 1. The standard InChI is InChI=1S/C9H11F3N2O2/c1-3-4-14-7(6(16-2)5-13-14)8(15)9(10,11)12/h5H,3-4H2,1-2H3. The Bertz CT molecular complexity index is 385. The predicted octanol–water partition coefficient (Wildman–Crippen LogP) is 2.05. The summed E-state index contributed by atoms with van der Waals surface area (Å²) in [5.74, 6) is -2.09. The van der Waals surface area contributed by atoms with Crippen LogP contribution in [0.3, 0.4) is 0 Å². The first kappa shape index (κ1) is 12.5. The number of alkyl halides is 3. The zero-order chi connectivity index (χ0) is 12.3.